The van der Waals surface area contributed by atoms with Crippen LogP contribution in [0.1, 0.15) is 69.5 Å². The lowest BCUT2D eigenvalue weighted by atomic mass is 9.55. The fraction of sp³-hybridized carbons (Fsp3) is 0.0769. The molecule has 0 unspecified atom stereocenters. The first-order valence-corrected chi connectivity index (χ1v) is 23.4. The third-order valence-electron chi connectivity index (χ3n) is 15.8. The highest BCUT2D eigenvalue weighted by Crippen LogP contribution is 2.66. The highest BCUT2D eigenvalue weighted by Gasteiger charge is 2.55. The van der Waals surface area contributed by atoms with Crippen LogP contribution in [0, 0.1) is 0 Å². The molecule has 4 aliphatic rings. The lowest BCUT2D eigenvalue weighted by Crippen LogP contribution is -2.41. The molecule has 0 radical (unpaired) electrons. The van der Waals surface area contributed by atoms with Crippen LogP contribution in [0.15, 0.2) is 237 Å². The number of anilines is 3. The number of hydrogen-bond acceptors (Lipinski definition) is 1. The van der Waals surface area contributed by atoms with Gasteiger partial charge < -0.3 is 4.90 Å². The molecule has 2 spiro atoms. The van der Waals surface area contributed by atoms with E-state index in [1.54, 1.807) is 0 Å². The second-order valence-electron chi connectivity index (χ2n) is 19.0. The van der Waals surface area contributed by atoms with Gasteiger partial charge in [0.2, 0.25) is 0 Å². The number of nitrogens with zero attached hydrogens (tertiary/aromatic N) is 1. The van der Waals surface area contributed by atoms with Crippen molar-refractivity contribution >= 4 is 17.1 Å². The van der Waals surface area contributed by atoms with Crippen LogP contribution in [0.4, 0.5) is 17.1 Å². The average Bonchev–Trinajstić information content (AvgIpc) is 3.97. The van der Waals surface area contributed by atoms with E-state index >= 15 is 0 Å². The molecule has 0 aliphatic heterocycles. The van der Waals surface area contributed by atoms with Gasteiger partial charge in [-0.2, -0.15) is 0 Å². The Morgan fingerprint density at radius 1 is 0.273 bits per heavy atom. The molecule has 0 fully saturated rings. The van der Waals surface area contributed by atoms with Crippen molar-refractivity contribution in [2.75, 3.05) is 4.90 Å². The zero-order chi connectivity index (χ0) is 43.8. The summed E-state index contributed by atoms with van der Waals surface area (Å²) >= 11 is 0. The first-order valence-electron chi connectivity index (χ1n) is 23.4. The summed E-state index contributed by atoms with van der Waals surface area (Å²) in [7, 11) is 0. The molecule has 0 atom stereocenters. The van der Waals surface area contributed by atoms with E-state index in [0.717, 1.165) is 11.4 Å². The largest absolute Gasteiger partial charge is 0.310 e. The average molecular weight is 840 g/mol. The maximum Gasteiger partial charge on any atom is 0.0740 e. The Bertz CT molecular complexity index is 3530. The lowest BCUT2D eigenvalue weighted by molar-refractivity contribution is 0.563. The predicted octanol–water partition coefficient (Wildman–Crippen LogP) is 16.2. The summed E-state index contributed by atoms with van der Waals surface area (Å²) in [6.45, 7) is 4.80. The minimum atomic E-state index is -0.538. The molecule has 1 nitrogen and oxygen atoms in total. The van der Waals surface area contributed by atoms with Gasteiger partial charge in [0.05, 0.1) is 16.5 Å². The fourth-order valence-corrected chi connectivity index (χ4v) is 13.3. The second kappa shape index (κ2) is 13.5. The molecule has 0 saturated heterocycles. The van der Waals surface area contributed by atoms with Crippen molar-refractivity contribution in [3.8, 4) is 44.5 Å². The van der Waals surface area contributed by atoms with Crippen LogP contribution in [0.2, 0.25) is 0 Å². The lowest BCUT2D eigenvalue weighted by Gasteiger charge is -2.47. The summed E-state index contributed by atoms with van der Waals surface area (Å²) in [4.78, 5) is 2.51. The maximum absolute atomic E-state index is 2.51. The van der Waals surface area contributed by atoms with Crippen LogP contribution < -0.4 is 4.90 Å². The van der Waals surface area contributed by atoms with Crippen LogP contribution in [0.25, 0.3) is 44.5 Å². The van der Waals surface area contributed by atoms with Crippen molar-refractivity contribution in [3.05, 3.63) is 292 Å². The van der Waals surface area contributed by atoms with Crippen LogP contribution in [0.3, 0.4) is 0 Å². The van der Waals surface area contributed by atoms with Gasteiger partial charge in [-0.05, 0) is 125 Å². The highest BCUT2D eigenvalue weighted by atomic mass is 15.1. The molecule has 310 valence electrons. The normalized spacial score (nSPS) is 15.2. The first-order chi connectivity index (χ1) is 32.5. The van der Waals surface area contributed by atoms with Crippen molar-refractivity contribution in [2.45, 2.75) is 30.1 Å². The molecular formula is C65H45N. The van der Waals surface area contributed by atoms with Gasteiger partial charge in [0.15, 0.2) is 0 Å². The van der Waals surface area contributed by atoms with Crippen molar-refractivity contribution in [1.29, 1.82) is 0 Å². The van der Waals surface area contributed by atoms with Gasteiger partial charge in [-0.3, -0.25) is 0 Å². The number of para-hydroxylation sites is 1. The number of benzene rings is 10. The van der Waals surface area contributed by atoms with Gasteiger partial charge in [-0.25, -0.2) is 0 Å². The Kier molecular flexibility index (Phi) is 7.66. The summed E-state index contributed by atoms with van der Waals surface area (Å²) in [5.41, 5.74) is 26.2. The fourth-order valence-electron chi connectivity index (χ4n) is 13.3. The minimum absolute atomic E-state index is 0.178. The number of fused-ring (bicyclic) bond motifs is 19. The first kappa shape index (κ1) is 37.4. The van der Waals surface area contributed by atoms with E-state index in [1.807, 2.05) is 0 Å². The van der Waals surface area contributed by atoms with E-state index in [4.69, 9.17) is 0 Å². The maximum atomic E-state index is 2.51. The Morgan fingerprint density at radius 2 is 0.667 bits per heavy atom. The standard InChI is InChI=1S/C65H45N/c1-63(2)55-32-14-16-34-57(55)65(58-35-17-15-33-56(58)63)53-30-12-8-24-48(53)49-27-19-37-60(62(49)65)66(43-20-4-3-5-21-43)44-40-38-42(39-41-44)45-26-18-36-59-61(45)50-25-9-13-31-54(50)64(59)51-28-10-6-22-46(51)47-23-7-11-29-52(47)64/h3-41H,1-2H3. The molecule has 4 aliphatic carbocycles. The molecule has 0 aromatic heterocycles. The van der Waals surface area contributed by atoms with Gasteiger partial charge in [0, 0.05) is 22.4 Å². The quantitative estimate of drug-likeness (QED) is 0.171. The molecule has 0 N–H and O–H groups in total. The van der Waals surface area contributed by atoms with Gasteiger partial charge in [0.1, 0.15) is 0 Å². The molecule has 66 heavy (non-hydrogen) atoms. The molecule has 10 aromatic carbocycles. The summed E-state index contributed by atoms with van der Waals surface area (Å²) in [5, 5.41) is 0. The SMILES string of the molecule is CC1(C)c2ccccc2C2(c3ccccc3-c3cccc(N(c4ccccc4)c4ccc(-c5cccc6c5-c5ccccc5C65c6ccccc6-c6ccccc65)cc4)c32)c2ccccc21. The molecular weight excluding hydrogens is 795 g/mol. The Labute approximate surface area is 387 Å². The zero-order valence-electron chi connectivity index (χ0n) is 37.0. The molecule has 0 heterocycles. The second-order valence-corrected chi connectivity index (χ2v) is 19.0. The Balaban J connectivity index is 0.985. The van der Waals surface area contributed by atoms with Gasteiger partial charge in [0.25, 0.3) is 0 Å². The zero-order valence-corrected chi connectivity index (χ0v) is 37.0. The Morgan fingerprint density at radius 3 is 1.26 bits per heavy atom. The van der Waals surface area contributed by atoms with Crippen molar-refractivity contribution < 1.29 is 0 Å². The highest BCUT2D eigenvalue weighted by molar-refractivity contribution is 6.01. The van der Waals surface area contributed by atoms with Crippen LogP contribution >= 0.6 is 0 Å². The monoisotopic (exact) mass is 839 g/mol. The predicted molar refractivity (Wildman–Crippen MR) is 272 cm³/mol. The summed E-state index contributed by atoms with van der Waals surface area (Å²) in [5.74, 6) is 0. The van der Waals surface area contributed by atoms with Crippen molar-refractivity contribution in [3.63, 3.8) is 0 Å². The van der Waals surface area contributed by atoms with E-state index in [2.05, 4.69) is 255 Å². The van der Waals surface area contributed by atoms with E-state index in [9.17, 15) is 0 Å². The van der Waals surface area contributed by atoms with Gasteiger partial charge in [-0.1, -0.05) is 220 Å². The Hall–Kier alpha value is -8.00. The molecule has 0 saturated carbocycles. The number of rotatable bonds is 4. The molecule has 14 rings (SSSR count). The van der Waals surface area contributed by atoms with E-state index < -0.39 is 5.41 Å². The molecule has 10 aromatic rings. The van der Waals surface area contributed by atoms with E-state index in [1.165, 1.54) is 106 Å². The summed E-state index contributed by atoms with van der Waals surface area (Å²) in [6, 6.07) is 89.2. The smallest absolute Gasteiger partial charge is 0.0740 e. The third-order valence-corrected chi connectivity index (χ3v) is 15.8. The third kappa shape index (κ3) is 4.60. The summed E-state index contributed by atoms with van der Waals surface area (Å²) in [6.07, 6.45) is 0. The topological polar surface area (TPSA) is 3.24 Å². The summed E-state index contributed by atoms with van der Waals surface area (Å²) < 4.78 is 0. The van der Waals surface area contributed by atoms with Gasteiger partial charge >= 0.3 is 0 Å². The van der Waals surface area contributed by atoms with E-state index in [0.29, 0.717) is 0 Å². The van der Waals surface area contributed by atoms with Crippen LogP contribution in [-0.2, 0) is 16.2 Å². The molecule has 0 amide bonds. The van der Waals surface area contributed by atoms with Crippen LogP contribution in [-0.4, -0.2) is 0 Å². The molecule has 0 bridgehead atoms. The number of hydrogen-bond donors (Lipinski definition) is 0. The van der Waals surface area contributed by atoms with Gasteiger partial charge in [-0.15, -0.1) is 0 Å². The van der Waals surface area contributed by atoms with Crippen molar-refractivity contribution in [1.82, 2.24) is 0 Å². The van der Waals surface area contributed by atoms with E-state index in [-0.39, 0.29) is 10.8 Å². The van der Waals surface area contributed by atoms with Crippen molar-refractivity contribution in [2.24, 2.45) is 0 Å². The molecule has 1 heteroatoms. The van der Waals surface area contributed by atoms with Crippen LogP contribution in [0.5, 0.6) is 0 Å². The minimum Gasteiger partial charge on any atom is -0.310 e.